The molecule has 0 saturated carbocycles. The number of nitro benzene ring substituents is 1. The summed E-state index contributed by atoms with van der Waals surface area (Å²) in [6, 6.07) is 14.2. The summed E-state index contributed by atoms with van der Waals surface area (Å²) in [6.45, 7) is 4.42. The molecule has 0 bridgehead atoms. The summed E-state index contributed by atoms with van der Waals surface area (Å²) in [5.74, 6) is 0.540. The van der Waals surface area contributed by atoms with E-state index >= 15 is 0 Å². The van der Waals surface area contributed by atoms with E-state index in [1.807, 2.05) is 24.3 Å². The van der Waals surface area contributed by atoms with E-state index in [0.717, 1.165) is 30.2 Å². The third kappa shape index (κ3) is 3.81. The van der Waals surface area contributed by atoms with Gasteiger partial charge >= 0.3 is 0 Å². The number of benzene rings is 2. The molecule has 0 unspecified atom stereocenters. The Bertz CT molecular complexity index is 1060. The average Bonchev–Trinajstić information content (AvgIpc) is 3.05. The van der Waals surface area contributed by atoms with Gasteiger partial charge in [0.1, 0.15) is 5.69 Å². The summed E-state index contributed by atoms with van der Waals surface area (Å²) >= 11 is 0. The molecule has 0 atom stereocenters. The first-order valence-corrected chi connectivity index (χ1v) is 9.82. The number of carbonyl (C=O) groups is 1. The van der Waals surface area contributed by atoms with Crippen molar-refractivity contribution in [3.8, 4) is 0 Å². The van der Waals surface area contributed by atoms with Crippen molar-refractivity contribution in [3.63, 3.8) is 0 Å². The standard InChI is InChI=1S/C22H24N4O3/c1-15-9-11-25(12-10-15)18-5-3-17(4-6-18)23-22(27)21-14-16-13-19(26(28)29)7-8-20(16)24(21)2/h3-8,13-15H,9-12H2,1-2H3,(H,23,27). The fourth-order valence-electron chi connectivity index (χ4n) is 3.89. The second-order valence-electron chi connectivity index (χ2n) is 7.76. The SMILES string of the molecule is CC1CCN(c2ccc(NC(=O)c3cc4cc([N+](=O)[O-])ccc4n3C)cc2)CC1. The number of rotatable bonds is 4. The molecule has 150 valence electrons. The highest BCUT2D eigenvalue weighted by atomic mass is 16.6. The summed E-state index contributed by atoms with van der Waals surface area (Å²) in [5, 5.41) is 14.6. The van der Waals surface area contributed by atoms with Gasteiger partial charge in [0.15, 0.2) is 0 Å². The molecule has 3 aromatic rings. The van der Waals surface area contributed by atoms with Crippen LogP contribution in [0.2, 0.25) is 0 Å². The van der Waals surface area contributed by atoms with Crippen LogP contribution < -0.4 is 10.2 Å². The Morgan fingerprint density at radius 3 is 2.45 bits per heavy atom. The molecule has 0 radical (unpaired) electrons. The Balaban J connectivity index is 1.50. The van der Waals surface area contributed by atoms with Gasteiger partial charge in [0, 0.05) is 54.5 Å². The molecular formula is C22H24N4O3. The minimum atomic E-state index is -0.434. The molecule has 1 saturated heterocycles. The van der Waals surface area contributed by atoms with Crippen LogP contribution in [0.4, 0.5) is 17.1 Å². The lowest BCUT2D eigenvalue weighted by Crippen LogP contribution is -2.32. The van der Waals surface area contributed by atoms with Crippen molar-refractivity contribution in [2.45, 2.75) is 19.8 Å². The summed E-state index contributed by atoms with van der Waals surface area (Å²) < 4.78 is 1.75. The lowest BCUT2D eigenvalue weighted by atomic mass is 9.99. The van der Waals surface area contributed by atoms with Crippen molar-refractivity contribution in [1.82, 2.24) is 4.57 Å². The maximum absolute atomic E-state index is 12.8. The zero-order valence-corrected chi connectivity index (χ0v) is 16.6. The van der Waals surface area contributed by atoms with Crippen LogP contribution in [-0.4, -0.2) is 28.5 Å². The van der Waals surface area contributed by atoms with Gasteiger partial charge in [-0.3, -0.25) is 14.9 Å². The second-order valence-corrected chi connectivity index (χ2v) is 7.76. The lowest BCUT2D eigenvalue weighted by Gasteiger charge is -2.32. The largest absolute Gasteiger partial charge is 0.372 e. The van der Waals surface area contributed by atoms with Crippen LogP contribution in [-0.2, 0) is 7.05 Å². The third-order valence-corrected chi connectivity index (χ3v) is 5.74. The minimum Gasteiger partial charge on any atom is -0.372 e. The van der Waals surface area contributed by atoms with Crippen molar-refractivity contribution in [2.24, 2.45) is 13.0 Å². The highest BCUT2D eigenvalue weighted by molar-refractivity contribution is 6.06. The molecule has 0 aliphatic carbocycles. The zero-order valence-electron chi connectivity index (χ0n) is 16.6. The van der Waals surface area contributed by atoms with Crippen molar-refractivity contribution in [2.75, 3.05) is 23.3 Å². The molecular weight excluding hydrogens is 368 g/mol. The fourth-order valence-corrected chi connectivity index (χ4v) is 3.89. The van der Waals surface area contributed by atoms with Crippen molar-refractivity contribution < 1.29 is 9.72 Å². The number of nitro groups is 1. The predicted octanol–water partition coefficient (Wildman–Crippen LogP) is 4.58. The van der Waals surface area contributed by atoms with E-state index in [1.54, 1.807) is 23.7 Å². The average molecular weight is 392 g/mol. The van der Waals surface area contributed by atoms with E-state index in [0.29, 0.717) is 11.1 Å². The summed E-state index contributed by atoms with van der Waals surface area (Å²) in [7, 11) is 1.78. The number of amides is 1. The van der Waals surface area contributed by atoms with Gasteiger partial charge < -0.3 is 14.8 Å². The molecule has 2 aromatic carbocycles. The quantitative estimate of drug-likeness (QED) is 0.521. The van der Waals surface area contributed by atoms with Crippen LogP contribution >= 0.6 is 0 Å². The van der Waals surface area contributed by atoms with Crippen LogP contribution in [0.3, 0.4) is 0 Å². The number of nitrogens with one attached hydrogen (secondary N) is 1. The Labute approximate surface area is 169 Å². The van der Waals surface area contributed by atoms with Crippen molar-refractivity contribution in [3.05, 3.63) is 64.3 Å². The van der Waals surface area contributed by atoms with Crippen LogP contribution in [0.1, 0.15) is 30.3 Å². The smallest absolute Gasteiger partial charge is 0.272 e. The van der Waals surface area contributed by atoms with E-state index < -0.39 is 4.92 Å². The fraction of sp³-hybridized carbons (Fsp3) is 0.318. The Morgan fingerprint density at radius 2 is 1.79 bits per heavy atom. The summed E-state index contributed by atoms with van der Waals surface area (Å²) in [4.78, 5) is 25.7. The van der Waals surface area contributed by atoms with Gasteiger partial charge in [-0.1, -0.05) is 6.92 Å². The number of aryl methyl sites for hydroxylation is 1. The molecule has 1 aromatic heterocycles. The van der Waals surface area contributed by atoms with E-state index in [1.165, 1.54) is 30.7 Å². The molecule has 1 aliphatic rings. The van der Waals surface area contributed by atoms with Gasteiger partial charge in [-0.05, 0) is 55.2 Å². The highest BCUT2D eigenvalue weighted by Gasteiger charge is 2.18. The number of non-ortho nitro benzene ring substituents is 1. The van der Waals surface area contributed by atoms with Crippen LogP contribution in [0.25, 0.3) is 10.9 Å². The molecule has 0 spiro atoms. The number of anilines is 2. The molecule has 7 heteroatoms. The van der Waals surface area contributed by atoms with Gasteiger partial charge in [0.2, 0.25) is 0 Å². The first kappa shape index (κ1) is 19.0. The molecule has 1 fully saturated rings. The van der Waals surface area contributed by atoms with Crippen LogP contribution in [0.5, 0.6) is 0 Å². The van der Waals surface area contributed by atoms with Gasteiger partial charge in [0.25, 0.3) is 11.6 Å². The normalized spacial score (nSPS) is 14.9. The monoisotopic (exact) mass is 392 g/mol. The Kier molecular flexibility index (Phi) is 4.96. The maximum atomic E-state index is 12.8. The molecule has 2 heterocycles. The van der Waals surface area contributed by atoms with E-state index in [4.69, 9.17) is 0 Å². The molecule has 1 N–H and O–H groups in total. The predicted molar refractivity (Wildman–Crippen MR) is 115 cm³/mol. The summed E-state index contributed by atoms with van der Waals surface area (Å²) in [6.07, 6.45) is 2.41. The minimum absolute atomic E-state index is 0.0118. The molecule has 29 heavy (non-hydrogen) atoms. The molecule has 4 rings (SSSR count). The van der Waals surface area contributed by atoms with Crippen molar-refractivity contribution >= 4 is 33.9 Å². The Hall–Kier alpha value is -3.35. The number of nitrogens with zero attached hydrogens (tertiary/aromatic N) is 3. The zero-order chi connectivity index (χ0) is 20.5. The van der Waals surface area contributed by atoms with Gasteiger partial charge in [-0.25, -0.2) is 0 Å². The first-order valence-electron chi connectivity index (χ1n) is 9.82. The van der Waals surface area contributed by atoms with E-state index in [9.17, 15) is 14.9 Å². The van der Waals surface area contributed by atoms with Crippen LogP contribution in [0.15, 0.2) is 48.5 Å². The van der Waals surface area contributed by atoms with Crippen molar-refractivity contribution in [1.29, 1.82) is 0 Å². The van der Waals surface area contributed by atoms with Gasteiger partial charge in [0.05, 0.1) is 4.92 Å². The van der Waals surface area contributed by atoms with E-state index in [2.05, 4.69) is 17.1 Å². The number of aromatic nitrogens is 1. The second kappa shape index (κ2) is 7.58. The molecule has 1 amide bonds. The number of hydrogen-bond donors (Lipinski definition) is 1. The Morgan fingerprint density at radius 1 is 1.10 bits per heavy atom. The lowest BCUT2D eigenvalue weighted by molar-refractivity contribution is -0.384. The molecule has 7 nitrogen and oxygen atoms in total. The van der Waals surface area contributed by atoms with E-state index in [-0.39, 0.29) is 11.6 Å². The topological polar surface area (TPSA) is 80.4 Å². The number of hydrogen-bond acceptors (Lipinski definition) is 4. The third-order valence-electron chi connectivity index (χ3n) is 5.74. The number of carbonyl (C=O) groups excluding carboxylic acids is 1. The molecule has 1 aliphatic heterocycles. The van der Waals surface area contributed by atoms with Crippen LogP contribution in [0, 0.1) is 16.0 Å². The van der Waals surface area contributed by atoms with Gasteiger partial charge in [-0.2, -0.15) is 0 Å². The highest BCUT2D eigenvalue weighted by Crippen LogP contribution is 2.26. The first-order chi connectivity index (χ1) is 13.9. The number of fused-ring (bicyclic) bond motifs is 1. The maximum Gasteiger partial charge on any atom is 0.272 e. The van der Waals surface area contributed by atoms with Gasteiger partial charge in [-0.15, -0.1) is 0 Å². The number of piperidine rings is 1. The summed E-state index contributed by atoms with van der Waals surface area (Å²) in [5.41, 5.74) is 3.13.